The molecule has 1 unspecified atom stereocenters. The van der Waals surface area contributed by atoms with Gasteiger partial charge in [-0.3, -0.25) is 4.79 Å². The monoisotopic (exact) mass is 382 g/mol. The van der Waals surface area contributed by atoms with E-state index in [2.05, 4.69) is 0 Å². The Balaban J connectivity index is 1.97. The molecule has 148 valence electrons. The molecule has 0 aliphatic carbocycles. The van der Waals surface area contributed by atoms with E-state index in [1.54, 1.807) is 19.1 Å². The minimum absolute atomic E-state index is 0.330. The number of carbonyl (C=O) groups excluding carboxylic acids is 2. The van der Waals surface area contributed by atoms with Crippen molar-refractivity contribution in [3.05, 3.63) is 57.6 Å². The summed E-state index contributed by atoms with van der Waals surface area (Å²) in [6.07, 6.45) is 0.655. The van der Waals surface area contributed by atoms with E-state index in [1.165, 1.54) is 6.92 Å². The smallest absolute Gasteiger partial charge is 0.338 e. The number of hydrogen-bond acceptors (Lipinski definition) is 5. The summed E-state index contributed by atoms with van der Waals surface area (Å²) in [6.45, 7) is 11.5. The first-order chi connectivity index (χ1) is 13.2. The minimum Gasteiger partial charge on any atom is -0.482 e. The Bertz CT molecular complexity index is 943. The van der Waals surface area contributed by atoms with Crippen molar-refractivity contribution in [2.24, 2.45) is 0 Å². The van der Waals surface area contributed by atoms with Crippen LogP contribution in [0.15, 0.2) is 24.3 Å². The molecule has 2 aromatic rings. The van der Waals surface area contributed by atoms with Crippen LogP contribution in [0.25, 0.3) is 0 Å². The van der Waals surface area contributed by atoms with Gasteiger partial charge in [0.15, 0.2) is 0 Å². The molecule has 0 saturated carbocycles. The topological polar surface area (TPSA) is 61.8 Å². The summed E-state index contributed by atoms with van der Waals surface area (Å²) in [5, 5.41) is 0. The van der Waals surface area contributed by atoms with E-state index in [4.69, 9.17) is 14.2 Å². The molecule has 1 aliphatic heterocycles. The van der Waals surface area contributed by atoms with Crippen molar-refractivity contribution in [2.75, 3.05) is 6.61 Å². The second-order valence-corrected chi connectivity index (χ2v) is 7.41. The Hall–Kier alpha value is -2.82. The van der Waals surface area contributed by atoms with E-state index >= 15 is 0 Å². The summed E-state index contributed by atoms with van der Waals surface area (Å²) in [4.78, 5) is 23.4. The van der Waals surface area contributed by atoms with Crippen LogP contribution in [0, 0.1) is 20.8 Å². The van der Waals surface area contributed by atoms with Crippen molar-refractivity contribution in [3.8, 4) is 11.5 Å². The summed E-state index contributed by atoms with van der Waals surface area (Å²) >= 11 is 0. The first-order valence-electron chi connectivity index (χ1n) is 9.45. The Labute approximate surface area is 165 Å². The van der Waals surface area contributed by atoms with Gasteiger partial charge in [-0.1, -0.05) is 12.1 Å². The lowest BCUT2D eigenvalue weighted by atomic mass is 9.88. The largest absolute Gasteiger partial charge is 0.482 e. The number of fused-ring (bicyclic) bond motifs is 1. The molecular formula is C23H26O5. The molecular weight excluding hydrogens is 356 g/mol. The first kappa shape index (κ1) is 19.9. The molecule has 2 aromatic carbocycles. The maximum Gasteiger partial charge on any atom is 0.338 e. The molecule has 0 amide bonds. The highest BCUT2D eigenvalue weighted by Gasteiger charge is 2.40. The quantitative estimate of drug-likeness (QED) is 0.573. The number of hydrogen-bond donors (Lipinski definition) is 0. The summed E-state index contributed by atoms with van der Waals surface area (Å²) in [5.74, 6) is 0.807. The highest BCUT2D eigenvalue weighted by Crippen LogP contribution is 2.48. The zero-order valence-electron chi connectivity index (χ0n) is 17.3. The molecule has 0 aromatic heterocycles. The number of benzene rings is 2. The van der Waals surface area contributed by atoms with Crippen molar-refractivity contribution in [1.29, 1.82) is 0 Å². The van der Waals surface area contributed by atoms with Crippen molar-refractivity contribution >= 4 is 11.9 Å². The van der Waals surface area contributed by atoms with Gasteiger partial charge >= 0.3 is 11.9 Å². The van der Waals surface area contributed by atoms with E-state index in [0.29, 0.717) is 24.3 Å². The fraction of sp³-hybridized carbons (Fsp3) is 0.391. The van der Waals surface area contributed by atoms with Gasteiger partial charge in [0.25, 0.3) is 0 Å². The van der Waals surface area contributed by atoms with Gasteiger partial charge in [0.1, 0.15) is 17.1 Å². The van der Waals surface area contributed by atoms with Gasteiger partial charge in [-0.25, -0.2) is 4.79 Å². The first-order valence-corrected chi connectivity index (χ1v) is 9.45. The normalized spacial score (nSPS) is 17.6. The molecule has 28 heavy (non-hydrogen) atoms. The van der Waals surface area contributed by atoms with Gasteiger partial charge in [0.05, 0.1) is 12.2 Å². The molecule has 5 heteroatoms. The van der Waals surface area contributed by atoms with Crippen molar-refractivity contribution in [3.63, 3.8) is 0 Å². The maximum atomic E-state index is 11.9. The fourth-order valence-electron chi connectivity index (χ4n) is 3.74. The Morgan fingerprint density at radius 1 is 1.07 bits per heavy atom. The van der Waals surface area contributed by atoms with Crippen LogP contribution in [0.2, 0.25) is 0 Å². The maximum absolute atomic E-state index is 11.9. The molecule has 1 atom stereocenters. The van der Waals surface area contributed by atoms with Gasteiger partial charge in [0.2, 0.25) is 0 Å². The van der Waals surface area contributed by atoms with Gasteiger partial charge in [0, 0.05) is 18.9 Å². The third kappa shape index (κ3) is 3.37. The van der Waals surface area contributed by atoms with Crippen LogP contribution in [-0.2, 0) is 21.6 Å². The standard InChI is InChI=1S/C23H26O5/c1-7-26-22(25)17-8-10-18(11-9-17)23(6)12-19-15(4)20(27-16(5)24)13(2)14(3)21(19)28-23/h8-11H,7,12H2,1-6H3. The number of ether oxygens (including phenoxy) is 3. The highest BCUT2D eigenvalue weighted by atomic mass is 16.5. The predicted octanol–water partition coefficient (Wildman–Crippen LogP) is 4.56. The molecule has 0 saturated heterocycles. The third-order valence-electron chi connectivity index (χ3n) is 5.40. The molecule has 0 radical (unpaired) electrons. The van der Waals surface area contributed by atoms with Crippen LogP contribution in [0.5, 0.6) is 11.5 Å². The van der Waals surface area contributed by atoms with Crippen LogP contribution in [0.1, 0.15) is 58.9 Å². The molecule has 1 heterocycles. The number of carbonyl (C=O) groups is 2. The lowest BCUT2D eigenvalue weighted by Gasteiger charge is -2.25. The second kappa shape index (κ2) is 7.30. The Morgan fingerprint density at radius 2 is 1.71 bits per heavy atom. The van der Waals surface area contributed by atoms with Gasteiger partial charge < -0.3 is 14.2 Å². The minimum atomic E-state index is -0.563. The average Bonchev–Trinajstić information content (AvgIpc) is 3.03. The van der Waals surface area contributed by atoms with E-state index < -0.39 is 5.60 Å². The second-order valence-electron chi connectivity index (χ2n) is 7.41. The van der Waals surface area contributed by atoms with Gasteiger partial charge in [-0.2, -0.15) is 0 Å². The molecule has 1 aliphatic rings. The van der Waals surface area contributed by atoms with Crippen molar-refractivity contribution in [2.45, 2.75) is 53.6 Å². The third-order valence-corrected chi connectivity index (χ3v) is 5.40. The van der Waals surface area contributed by atoms with Crippen LogP contribution in [0.4, 0.5) is 0 Å². The van der Waals surface area contributed by atoms with Crippen LogP contribution in [-0.4, -0.2) is 18.5 Å². The predicted molar refractivity (Wildman–Crippen MR) is 106 cm³/mol. The van der Waals surface area contributed by atoms with Crippen LogP contribution in [0.3, 0.4) is 0 Å². The fourth-order valence-corrected chi connectivity index (χ4v) is 3.74. The zero-order chi connectivity index (χ0) is 20.6. The van der Waals surface area contributed by atoms with E-state index in [1.807, 2.05) is 39.8 Å². The van der Waals surface area contributed by atoms with Gasteiger partial charge in [-0.15, -0.1) is 0 Å². The van der Waals surface area contributed by atoms with E-state index in [0.717, 1.165) is 33.6 Å². The van der Waals surface area contributed by atoms with Crippen LogP contribution < -0.4 is 9.47 Å². The molecule has 0 spiro atoms. The van der Waals surface area contributed by atoms with Gasteiger partial charge in [-0.05, 0) is 69.0 Å². The molecule has 0 bridgehead atoms. The molecule has 0 fully saturated rings. The van der Waals surface area contributed by atoms with E-state index in [-0.39, 0.29) is 11.9 Å². The van der Waals surface area contributed by atoms with Crippen molar-refractivity contribution in [1.82, 2.24) is 0 Å². The summed E-state index contributed by atoms with van der Waals surface area (Å²) < 4.78 is 16.9. The Kier molecular flexibility index (Phi) is 5.20. The van der Waals surface area contributed by atoms with Crippen molar-refractivity contribution < 1.29 is 23.8 Å². The summed E-state index contributed by atoms with van der Waals surface area (Å²) in [5.41, 5.74) is 4.80. The number of rotatable bonds is 4. The molecule has 5 nitrogen and oxygen atoms in total. The zero-order valence-corrected chi connectivity index (χ0v) is 17.3. The molecule has 3 rings (SSSR count). The lowest BCUT2D eigenvalue weighted by molar-refractivity contribution is -0.131. The molecule has 0 N–H and O–H groups in total. The van der Waals surface area contributed by atoms with Crippen LogP contribution >= 0.6 is 0 Å². The summed E-state index contributed by atoms with van der Waals surface area (Å²) in [7, 11) is 0. The highest BCUT2D eigenvalue weighted by molar-refractivity contribution is 5.89. The number of esters is 2. The summed E-state index contributed by atoms with van der Waals surface area (Å²) in [6, 6.07) is 7.34. The average molecular weight is 382 g/mol. The van der Waals surface area contributed by atoms with E-state index in [9.17, 15) is 9.59 Å². The SMILES string of the molecule is CCOC(=O)c1ccc(C2(C)Cc3c(C)c(OC(C)=O)c(C)c(C)c3O2)cc1. The lowest BCUT2D eigenvalue weighted by Crippen LogP contribution is -2.27. The Morgan fingerprint density at radius 3 is 2.29 bits per heavy atom.